The van der Waals surface area contributed by atoms with Crippen LogP contribution in [0.3, 0.4) is 0 Å². The van der Waals surface area contributed by atoms with Crippen molar-refractivity contribution in [2.75, 3.05) is 210 Å². The maximum atomic E-state index is 12.3. The summed E-state index contributed by atoms with van der Waals surface area (Å²) in [6.07, 6.45) is 1.25. The van der Waals surface area contributed by atoms with Gasteiger partial charge < -0.3 is 161 Å². The predicted octanol–water partition coefficient (Wildman–Crippen LogP) is 13.7. The first-order valence-corrected chi connectivity index (χ1v) is 49.0. The van der Waals surface area contributed by atoms with Crippen LogP contribution in [-0.4, -0.2) is 320 Å². The Balaban J connectivity index is -0.000000118. The lowest BCUT2D eigenvalue weighted by molar-refractivity contribution is 0.171. The highest BCUT2D eigenvalue weighted by Gasteiger charge is 2.33. The molecule has 0 aromatic heterocycles. The van der Waals surface area contributed by atoms with Gasteiger partial charge in [-0.15, -0.1) is 11.6 Å². The van der Waals surface area contributed by atoms with Gasteiger partial charge in [0.15, 0.2) is 0 Å². The number of epoxide rings is 3. The van der Waals surface area contributed by atoms with Gasteiger partial charge in [-0.25, -0.2) is 22.8 Å². The van der Waals surface area contributed by atoms with Crippen molar-refractivity contribution in [2.45, 2.75) is 18.3 Å². The van der Waals surface area contributed by atoms with Crippen LogP contribution in [0.15, 0.2) is 303 Å². The molecule has 818 valence electrons. The van der Waals surface area contributed by atoms with E-state index >= 15 is 0 Å². The molecule has 3 fully saturated rings. The van der Waals surface area contributed by atoms with E-state index in [9.17, 15) is 22.8 Å². The topological polar surface area (TPSA) is 635 Å². The highest BCUT2D eigenvalue weighted by Crippen LogP contribution is 2.54. The quantitative estimate of drug-likeness (QED) is 0.0118. The van der Waals surface area contributed by atoms with E-state index in [1.807, 2.05) is 60.7 Å². The molecule has 3 aliphatic rings. The molecule has 10 aromatic rings. The Morgan fingerprint density at radius 3 is 0.387 bits per heavy atom. The van der Waals surface area contributed by atoms with E-state index in [1.54, 1.807) is 257 Å². The summed E-state index contributed by atoms with van der Waals surface area (Å²) in [6, 6.07) is 87.3. The molecule has 3 atom stereocenters. The summed E-state index contributed by atoms with van der Waals surface area (Å²) in [6.45, 7) is 0.535. The van der Waals surface area contributed by atoms with Gasteiger partial charge in [0, 0.05) is 182 Å². The van der Waals surface area contributed by atoms with Gasteiger partial charge in [-0.1, -0.05) is 182 Å². The summed E-state index contributed by atoms with van der Waals surface area (Å²) in [4.78, 5) is 0. The monoisotopic (exact) mass is 2170 g/mol. The molecular weight excluding hydrogens is 2010 g/mol. The van der Waals surface area contributed by atoms with E-state index in [0.29, 0.717) is 81.7 Å². The molecule has 10 aromatic carbocycles. The lowest BCUT2D eigenvalue weighted by atomic mass is 10.3. The molecule has 0 spiro atoms. The Hall–Kier alpha value is -9.15. The largest absolute Gasteiger partial charge is 0.587 e. The molecule has 49 heteroatoms. The van der Waals surface area contributed by atoms with Gasteiger partial charge in [0.1, 0.15) is 69.7 Å². The number of rotatable bonds is 29. The average Bonchev–Trinajstić information content (AvgIpc) is 1.29. The Bertz CT molecular complexity index is 3580. The fraction of sp³-hybridized carbons (Fsp3) is 0.355. The number of halogens is 2. The number of phosphoric ester groups is 4. The maximum Gasteiger partial charge on any atom is 0.587 e. The second-order valence-corrected chi connectivity index (χ2v) is 30.2. The normalized spacial score (nSPS) is 11.4. The number of alkyl halides is 1. The van der Waals surface area contributed by atoms with E-state index in [4.69, 9.17) is 202 Å². The summed E-state index contributed by atoms with van der Waals surface area (Å²) in [5, 5.41) is 126. The number of aliphatic hydroxyl groups is 18. The molecule has 0 aliphatic carbocycles. The maximum absolute atomic E-state index is 12.3. The van der Waals surface area contributed by atoms with E-state index in [0.717, 1.165) is 161 Å². The van der Waals surface area contributed by atoms with Crippen molar-refractivity contribution in [2.24, 2.45) is 0 Å². The van der Waals surface area contributed by atoms with Crippen molar-refractivity contribution in [3.05, 3.63) is 303 Å². The number of para-hydroxylation sites is 10. The van der Waals surface area contributed by atoms with Crippen LogP contribution in [0.4, 0.5) is 0 Å². The number of aliphatic hydroxyl groups excluding tert-OH is 18. The van der Waals surface area contributed by atoms with Gasteiger partial charge in [-0.05, 0) is 121 Å². The number of benzene rings is 10. The van der Waals surface area contributed by atoms with Crippen molar-refractivity contribution in [1.29, 1.82) is 0 Å². The molecule has 42 nitrogen and oxygen atoms in total. The van der Waals surface area contributed by atoms with Crippen LogP contribution < -0.4 is 45.2 Å². The summed E-state index contributed by atoms with van der Waals surface area (Å²) < 4.78 is 157. The first-order chi connectivity index (χ1) is 69.3. The zero-order valence-electron chi connectivity index (χ0n) is 84.7. The van der Waals surface area contributed by atoms with Gasteiger partial charge in [-0.3, -0.25) is 18.1 Å². The minimum Gasteiger partial charge on any atom is -0.405 e. The Morgan fingerprint density at radius 1 is 0.211 bits per heavy atom. The standard InChI is InChI=1S/4C13H13O4P.C12H10ClO3P.2C4H8O2.C3H5ClO.18CH4O/c4*1-15-18(14,16-12-8-4-2-5-9-12)17-13-10-6-3-7-11-13;13-17(14,15-11-7-3-1-4-8-11)16-12-9-5-2-6-10-12;2*1-5-2-4-3-6-4;4-1-3-2-5-3;18*1-2/h4*2-11H,1H3;1-10H;2*4H,2-3H2,1H3;3H,1-2H2;18*2H,1H3. The Labute approximate surface area is 847 Å². The highest BCUT2D eigenvalue weighted by atomic mass is 35.7. The lowest BCUT2D eigenvalue weighted by Crippen LogP contribution is -2.02. The molecule has 0 bridgehead atoms. The van der Waals surface area contributed by atoms with Crippen LogP contribution in [0.5, 0.6) is 57.5 Å². The first-order valence-electron chi connectivity index (χ1n) is 40.2. The van der Waals surface area contributed by atoms with Crippen molar-refractivity contribution in [3.8, 4) is 57.5 Å². The molecule has 13 rings (SSSR count). The average molecular weight is 2170 g/mol. The van der Waals surface area contributed by atoms with Gasteiger partial charge in [0.25, 0.3) is 0 Å². The van der Waals surface area contributed by atoms with Crippen molar-refractivity contribution >= 4 is 61.1 Å². The summed E-state index contributed by atoms with van der Waals surface area (Å²) in [5.74, 6) is 4.91. The van der Waals surface area contributed by atoms with Crippen molar-refractivity contribution in [3.63, 3.8) is 0 Å². The summed E-state index contributed by atoms with van der Waals surface area (Å²) >= 11 is 11.0. The zero-order chi connectivity index (χ0) is 112. The molecule has 18 N–H and O–H groups in total. The third kappa shape index (κ3) is 98.3. The second kappa shape index (κ2) is 124. The van der Waals surface area contributed by atoms with Gasteiger partial charge in [0.05, 0.1) is 45.0 Å². The second-order valence-electron chi connectivity index (χ2n) is 20.9. The molecule has 3 saturated heterocycles. The number of phosphoric acid groups is 4. The van der Waals surface area contributed by atoms with E-state index in [2.05, 4.69) is 0 Å². The predicted molar refractivity (Wildman–Crippen MR) is 553 cm³/mol. The van der Waals surface area contributed by atoms with Gasteiger partial charge in [0.2, 0.25) is 0 Å². The smallest absolute Gasteiger partial charge is 0.405 e. The van der Waals surface area contributed by atoms with Crippen molar-refractivity contribution < 1.29 is 202 Å². The zero-order valence-corrected chi connectivity index (χ0v) is 90.7. The highest BCUT2D eigenvalue weighted by molar-refractivity contribution is 7.82. The third-order valence-corrected chi connectivity index (χ3v) is 19.5. The number of methoxy groups -OCH3 is 2. The fourth-order valence-electron chi connectivity index (χ4n) is 7.35. The molecule has 0 amide bonds. The van der Waals surface area contributed by atoms with Crippen LogP contribution in [0.1, 0.15) is 0 Å². The lowest BCUT2D eigenvalue weighted by Gasteiger charge is -2.16. The minimum atomic E-state index is -3.66. The molecule has 3 unspecified atom stereocenters. The van der Waals surface area contributed by atoms with Crippen LogP contribution in [0, 0.1) is 0 Å². The molecular formula is C93H155Cl2O42P5. The van der Waals surface area contributed by atoms with Crippen LogP contribution in [0.2, 0.25) is 0 Å². The first kappa shape index (κ1) is 161. The fourth-order valence-corrected chi connectivity index (χ4v) is 12.6. The molecule has 142 heavy (non-hydrogen) atoms. The number of ether oxygens (including phenoxy) is 5. The third-order valence-electron chi connectivity index (χ3n) is 12.6. The van der Waals surface area contributed by atoms with Crippen molar-refractivity contribution in [1.82, 2.24) is 0 Å². The number of hydrogen-bond donors (Lipinski definition) is 18. The summed E-state index contributed by atoms with van der Waals surface area (Å²) in [5.41, 5.74) is 0. The van der Waals surface area contributed by atoms with Crippen LogP contribution in [0.25, 0.3) is 0 Å². The molecule has 0 saturated carbocycles. The molecule has 3 aliphatic heterocycles. The van der Waals surface area contributed by atoms with E-state index in [1.165, 1.54) is 28.4 Å². The Kier molecular flexibility index (Phi) is 141. The minimum absolute atomic E-state index is 0.400. The number of hydrogen-bond acceptors (Lipinski definition) is 42. The van der Waals surface area contributed by atoms with E-state index < -0.39 is 38.2 Å². The van der Waals surface area contributed by atoms with Gasteiger partial charge in [-0.2, -0.15) is 0 Å². The van der Waals surface area contributed by atoms with Gasteiger partial charge >= 0.3 is 38.2 Å². The van der Waals surface area contributed by atoms with E-state index in [-0.39, 0.29) is 0 Å². The Morgan fingerprint density at radius 2 is 0.317 bits per heavy atom. The SMILES string of the molecule is CO.CO.CO.CO.CO.CO.CO.CO.CO.CO.CO.CO.CO.CO.CO.CO.CO.CO.COCC1CO1.COCC1CO1.COP(=O)(Oc1ccccc1)Oc1ccccc1.COP(=O)(Oc1ccccc1)Oc1ccccc1.COP(=O)(Oc1ccccc1)Oc1ccccc1.COP(=O)(Oc1ccccc1)Oc1ccccc1.ClCC1CO1.O=P(Cl)(Oc1ccccc1)Oc1ccccc1. The molecule has 0 radical (unpaired) electrons. The van der Waals surface area contributed by atoms with Crippen LogP contribution in [-0.2, 0) is 64.6 Å². The summed E-state index contributed by atoms with van der Waals surface area (Å²) in [7, 11) is 11.9. The van der Waals surface area contributed by atoms with Crippen LogP contribution >= 0.6 is 61.1 Å². The molecule has 3 heterocycles.